The molecule has 5 nitrogen and oxygen atoms in total. The third-order valence-corrected chi connectivity index (χ3v) is 4.52. The maximum atomic E-state index is 6.27. The Morgan fingerprint density at radius 3 is 2.68 bits per heavy atom. The number of para-hydroxylation sites is 1. The van der Waals surface area contributed by atoms with Gasteiger partial charge in [0.1, 0.15) is 5.75 Å². The van der Waals surface area contributed by atoms with Crippen LogP contribution >= 0.6 is 0 Å². The number of hydrogen-bond acceptors (Lipinski definition) is 5. The summed E-state index contributed by atoms with van der Waals surface area (Å²) in [6.45, 7) is 4.20. The topological polar surface area (TPSA) is 74.2 Å². The van der Waals surface area contributed by atoms with Gasteiger partial charge < -0.3 is 15.0 Å². The minimum Gasteiger partial charge on any atom is -0.496 e. The summed E-state index contributed by atoms with van der Waals surface area (Å²) in [6.07, 6.45) is 3.75. The molecule has 1 heterocycles. The summed E-state index contributed by atoms with van der Waals surface area (Å²) in [7, 11) is 1.69. The lowest BCUT2D eigenvalue weighted by atomic mass is 9.77. The van der Waals surface area contributed by atoms with Crippen molar-refractivity contribution in [2.24, 2.45) is 5.73 Å². The molecule has 0 radical (unpaired) electrons. The Morgan fingerprint density at radius 2 is 2.05 bits per heavy atom. The van der Waals surface area contributed by atoms with E-state index in [-0.39, 0.29) is 11.0 Å². The maximum absolute atomic E-state index is 6.27. The Kier molecular flexibility index (Phi) is 3.68. The standard InChI is InChI=1S/C17H23N3O2/c1-16(2,11-12-7-4-5-8-13(12)21-3)15-19-14(20-22-15)17(18)9-6-10-17/h4-5,7-8H,6,9-11,18H2,1-3H3. The van der Waals surface area contributed by atoms with Crippen molar-refractivity contribution in [3.05, 3.63) is 41.5 Å². The van der Waals surface area contributed by atoms with Gasteiger partial charge in [0, 0.05) is 5.41 Å². The van der Waals surface area contributed by atoms with Gasteiger partial charge in [-0.3, -0.25) is 0 Å². The van der Waals surface area contributed by atoms with Crippen LogP contribution in [0.15, 0.2) is 28.8 Å². The van der Waals surface area contributed by atoms with E-state index in [4.69, 9.17) is 15.0 Å². The summed E-state index contributed by atoms with van der Waals surface area (Å²) in [4.78, 5) is 4.58. The summed E-state index contributed by atoms with van der Waals surface area (Å²) in [5.74, 6) is 2.15. The SMILES string of the molecule is COc1ccccc1CC(C)(C)c1nc(C2(N)CCC2)no1. The molecule has 2 N–H and O–H groups in total. The van der Waals surface area contributed by atoms with Crippen molar-refractivity contribution in [3.8, 4) is 5.75 Å². The Bertz CT molecular complexity index is 659. The predicted molar refractivity (Wildman–Crippen MR) is 83.7 cm³/mol. The number of nitrogens with zero attached hydrogens (tertiary/aromatic N) is 2. The Balaban J connectivity index is 1.83. The van der Waals surface area contributed by atoms with Gasteiger partial charge in [-0.25, -0.2) is 0 Å². The average Bonchev–Trinajstić information content (AvgIpc) is 2.96. The monoisotopic (exact) mass is 301 g/mol. The predicted octanol–water partition coefficient (Wildman–Crippen LogP) is 2.94. The van der Waals surface area contributed by atoms with Crippen molar-refractivity contribution < 1.29 is 9.26 Å². The van der Waals surface area contributed by atoms with Crippen molar-refractivity contribution in [1.29, 1.82) is 0 Å². The van der Waals surface area contributed by atoms with Gasteiger partial charge in [0.05, 0.1) is 12.6 Å². The van der Waals surface area contributed by atoms with Gasteiger partial charge in [-0.1, -0.05) is 37.2 Å². The first-order valence-corrected chi connectivity index (χ1v) is 7.70. The number of rotatable bonds is 5. The summed E-state index contributed by atoms with van der Waals surface area (Å²) in [6, 6.07) is 8.01. The minimum absolute atomic E-state index is 0.278. The smallest absolute Gasteiger partial charge is 0.232 e. The molecule has 0 saturated heterocycles. The first kappa shape index (κ1) is 15.0. The second-order valence-corrected chi connectivity index (χ2v) is 6.81. The Morgan fingerprint density at radius 1 is 1.32 bits per heavy atom. The van der Waals surface area contributed by atoms with Crippen LogP contribution in [0, 0.1) is 0 Å². The molecule has 1 fully saturated rings. The zero-order valence-corrected chi connectivity index (χ0v) is 13.4. The number of methoxy groups -OCH3 is 1. The van der Waals surface area contributed by atoms with Gasteiger partial charge in [0.25, 0.3) is 0 Å². The number of ether oxygens (including phenoxy) is 1. The van der Waals surface area contributed by atoms with E-state index in [1.165, 1.54) is 0 Å². The molecule has 1 aliphatic rings. The van der Waals surface area contributed by atoms with E-state index in [9.17, 15) is 0 Å². The number of nitrogens with two attached hydrogens (primary N) is 1. The summed E-state index contributed by atoms with van der Waals surface area (Å²) < 4.78 is 10.9. The van der Waals surface area contributed by atoms with Crippen LogP contribution in [0.5, 0.6) is 5.75 Å². The average molecular weight is 301 g/mol. The molecule has 0 bridgehead atoms. The first-order chi connectivity index (χ1) is 10.4. The lowest BCUT2D eigenvalue weighted by Crippen LogP contribution is -2.44. The van der Waals surface area contributed by atoms with Crippen LogP contribution in [-0.4, -0.2) is 17.3 Å². The molecule has 118 valence electrons. The van der Waals surface area contributed by atoms with Crippen LogP contribution < -0.4 is 10.5 Å². The molecule has 1 saturated carbocycles. The zero-order chi connectivity index (χ0) is 15.8. The zero-order valence-electron chi connectivity index (χ0n) is 13.4. The third kappa shape index (κ3) is 2.61. The van der Waals surface area contributed by atoms with E-state index in [0.717, 1.165) is 37.0 Å². The Hall–Kier alpha value is -1.88. The van der Waals surface area contributed by atoms with Crippen LogP contribution in [0.25, 0.3) is 0 Å². The van der Waals surface area contributed by atoms with Crippen LogP contribution in [0.2, 0.25) is 0 Å². The minimum atomic E-state index is -0.387. The second kappa shape index (κ2) is 5.39. The fourth-order valence-corrected chi connectivity index (χ4v) is 2.88. The van der Waals surface area contributed by atoms with E-state index in [1.54, 1.807) is 7.11 Å². The lowest BCUT2D eigenvalue weighted by molar-refractivity contribution is 0.227. The number of hydrogen-bond donors (Lipinski definition) is 1. The molecular formula is C17H23N3O2. The Labute approximate surface area is 130 Å². The number of aromatic nitrogens is 2. The van der Waals surface area contributed by atoms with Gasteiger partial charge in [0.15, 0.2) is 5.82 Å². The van der Waals surface area contributed by atoms with E-state index in [0.29, 0.717) is 11.7 Å². The highest BCUT2D eigenvalue weighted by molar-refractivity contribution is 5.35. The number of benzene rings is 1. The molecule has 0 aliphatic heterocycles. The van der Waals surface area contributed by atoms with Gasteiger partial charge in [-0.15, -0.1) is 0 Å². The molecule has 0 amide bonds. The van der Waals surface area contributed by atoms with Crippen LogP contribution in [0.1, 0.15) is 50.4 Å². The van der Waals surface area contributed by atoms with E-state index in [1.807, 2.05) is 18.2 Å². The molecule has 2 aromatic rings. The molecule has 0 unspecified atom stereocenters. The highest BCUT2D eigenvalue weighted by atomic mass is 16.5. The molecule has 5 heteroatoms. The maximum Gasteiger partial charge on any atom is 0.232 e. The van der Waals surface area contributed by atoms with Crippen molar-refractivity contribution in [1.82, 2.24) is 10.1 Å². The molecule has 0 atom stereocenters. The van der Waals surface area contributed by atoms with Crippen LogP contribution in [0.3, 0.4) is 0 Å². The molecule has 1 aliphatic carbocycles. The van der Waals surface area contributed by atoms with Crippen LogP contribution in [-0.2, 0) is 17.4 Å². The quantitative estimate of drug-likeness (QED) is 0.919. The first-order valence-electron chi connectivity index (χ1n) is 7.70. The lowest BCUT2D eigenvalue weighted by Gasteiger charge is -2.34. The third-order valence-electron chi connectivity index (χ3n) is 4.52. The van der Waals surface area contributed by atoms with E-state index >= 15 is 0 Å². The van der Waals surface area contributed by atoms with Crippen molar-refractivity contribution in [3.63, 3.8) is 0 Å². The molecule has 3 rings (SSSR count). The van der Waals surface area contributed by atoms with Crippen LogP contribution in [0.4, 0.5) is 0 Å². The second-order valence-electron chi connectivity index (χ2n) is 6.81. The van der Waals surface area contributed by atoms with Crippen molar-refractivity contribution >= 4 is 0 Å². The molecule has 1 aromatic carbocycles. The van der Waals surface area contributed by atoms with E-state index < -0.39 is 0 Å². The van der Waals surface area contributed by atoms with Gasteiger partial charge in [0.2, 0.25) is 5.89 Å². The molecular weight excluding hydrogens is 278 g/mol. The largest absolute Gasteiger partial charge is 0.496 e. The van der Waals surface area contributed by atoms with Gasteiger partial charge >= 0.3 is 0 Å². The van der Waals surface area contributed by atoms with Crippen molar-refractivity contribution in [2.45, 2.75) is 50.5 Å². The fraction of sp³-hybridized carbons (Fsp3) is 0.529. The normalized spacial score (nSPS) is 17.1. The van der Waals surface area contributed by atoms with E-state index in [2.05, 4.69) is 30.1 Å². The summed E-state index contributed by atoms with van der Waals surface area (Å²) in [5.41, 5.74) is 6.74. The fourth-order valence-electron chi connectivity index (χ4n) is 2.88. The molecule has 22 heavy (non-hydrogen) atoms. The molecule has 0 spiro atoms. The molecule has 1 aromatic heterocycles. The van der Waals surface area contributed by atoms with Gasteiger partial charge in [-0.05, 0) is 37.3 Å². The highest BCUT2D eigenvalue weighted by Crippen LogP contribution is 2.38. The highest BCUT2D eigenvalue weighted by Gasteiger charge is 2.40. The summed E-state index contributed by atoms with van der Waals surface area (Å²) in [5, 5.41) is 4.12. The van der Waals surface area contributed by atoms with Gasteiger partial charge in [-0.2, -0.15) is 4.98 Å². The summed E-state index contributed by atoms with van der Waals surface area (Å²) >= 11 is 0. The van der Waals surface area contributed by atoms with Crippen molar-refractivity contribution in [2.75, 3.05) is 7.11 Å².